The summed E-state index contributed by atoms with van der Waals surface area (Å²) in [5.74, 6) is 0.607. The summed E-state index contributed by atoms with van der Waals surface area (Å²) in [6, 6.07) is 13.3. The number of nitrogens with zero attached hydrogens (tertiary/aromatic N) is 3. The zero-order chi connectivity index (χ0) is 17.9. The van der Waals surface area contributed by atoms with E-state index < -0.39 is 10.0 Å². The van der Waals surface area contributed by atoms with E-state index in [0.29, 0.717) is 5.75 Å². The first-order valence-electron chi connectivity index (χ1n) is 7.61. The Bertz CT molecular complexity index is 921. The van der Waals surface area contributed by atoms with E-state index in [-0.39, 0.29) is 10.9 Å². The van der Waals surface area contributed by atoms with Gasteiger partial charge in [0.1, 0.15) is 18.4 Å². The van der Waals surface area contributed by atoms with Gasteiger partial charge in [-0.15, -0.1) is 0 Å². The molecule has 0 aliphatic heterocycles. The summed E-state index contributed by atoms with van der Waals surface area (Å²) < 4.78 is 34.3. The molecule has 3 aromatic rings. The van der Waals surface area contributed by atoms with Crippen molar-refractivity contribution in [3.8, 4) is 11.4 Å². The van der Waals surface area contributed by atoms with E-state index in [0.717, 1.165) is 11.3 Å². The topological polar surface area (TPSA) is 86.1 Å². The lowest BCUT2D eigenvalue weighted by atomic mass is 10.1. The fraction of sp³-hybridized carbons (Fsp3) is 0.176. The molecule has 8 heteroatoms. The van der Waals surface area contributed by atoms with Gasteiger partial charge in [-0.25, -0.2) is 22.8 Å². The number of aromatic nitrogens is 3. The molecule has 1 atom stereocenters. The molecular formula is C17H18N4O3S. The van der Waals surface area contributed by atoms with Crippen LogP contribution in [0.3, 0.4) is 0 Å². The van der Waals surface area contributed by atoms with Crippen LogP contribution in [0, 0.1) is 0 Å². The molecule has 0 saturated carbocycles. The van der Waals surface area contributed by atoms with E-state index in [9.17, 15) is 8.42 Å². The SMILES string of the molecule is COc1ccc(S(=O)(=O)N[C@@H](C)c2ccc(-n3cncn3)cc2)cc1. The molecule has 0 aliphatic carbocycles. The maximum atomic E-state index is 12.5. The van der Waals surface area contributed by atoms with Crippen LogP contribution in [-0.2, 0) is 10.0 Å². The molecule has 0 saturated heterocycles. The number of methoxy groups -OCH3 is 1. The van der Waals surface area contributed by atoms with Crippen LogP contribution in [0.4, 0.5) is 0 Å². The number of hydrogen-bond acceptors (Lipinski definition) is 5. The molecule has 0 fully saturated rings. The number of benzene rings is 2. The average molecular weight is 358 g/mol. The van der Waals surface area contributed by atoms with Crippen molar-refractivity contribution in [1.29, 1.82) is 0 Å². The van der Waals surface area contributed by atoms with Crippen molar-refractivity contribution in [2.24, 2.45) is 0 Å². The zero-order valence-electron chi connectivity index (χ0n) is 13.8. The first kappa shape index (κ1) is 17.1. The maximum absolute atomic E-state index is 12.5. The Morgan fingerprint density at radius 3 is 2.32 bits per heavy atom. The van der Waals surface area contributed by atoms with Gasteiger partial charge < -0.3 is 4.74 Å². The molecule has 1 N–H and O–H groups in total. The summed E-state index contributed by atoms with van der Waals surface area (Å²) in [7, 11) is -2.08. The second-order valence-electron chi connectivity index (χ2n) is 5.45. The molecule has 0 unspecified atom stereocenters. The van der Waals surface area contributed by atoms with E-state index in [1.54, 1.807) is 30.1 Å². The Morgan fingerprint density at radius 2 is 1.76 bits per heavy atom. The monoisotopic (exact) mass is 358 g/mol. The summed E-state index contributed by atoms with van der Waals surface area (Å²) >= 11 is 0. The predicted molar refractivity (Wildman–Crippen MR) is 93.1 cm³/mol. The van der Waals surface area contributed by atoms with Gasteiger partial charge in [0, 0.05) is 6.04 Å². The number of ether oxygens (including phenoxy) is 1. The largest absolute Gasteiger partial charge is 0.497 e. The molecule has 0 radical (unpaired) electrons. The minimum absolute atomic E-state index is 0.194. The van der Waals surface area contributed by atoms with Crippen molar-refractivity contribution in [3.63, 3.8) is 0 Å². The first-order chi connectivity index (χ1) is 12.0. The molecule has 7 nitrogen and oxygen atoms in total. The van der Waals surface area contributed by atoms with Gasteiger partial charge in [-0.3, -0.25) is 0 Å². The van der Waals surface area contributed by atoms with Crippen LogP contribution in [0.2, 0.25) is 0 Å². The van der Waals surface area contributed by atoms with Crippen LogP contribution in [0.1, 0.15) is 18.5 Å². The van der Waals surface area contributed by atoms with Gasteiger partial charge >= 0.3 is 0 Å². The highest BCUT2D eigenvalue weighted by Crippen LogP contribution is 2.20. The maximum Gasteiger partial charge on any atom is 0.241 e. The standard InChI is InChI=1S/C17H18N4O3S/c1-13(14-3-5-15(6-4-14)21-12-18-11-19-21)20-25(22,23)17-9-7-16(24-2)8-10-17/h3-13,20H,1-2H3/t13-/m0/s1. The smallest absolute Gasteiger partial charge is 0.241 e. The Balaban J connectivity index is 1.75. The third kappa shape index (κ3) is 3.86. The molecule has 3 rings (SSSR count). The van der Waals surface area contributed by atoms with Crippen LogP contribution in [0.5, 0.6) is 5.75 Å². The lowest BCUT2D eigenvalue weighted by molar-refractivity contribution is 0.414. The van der Waals surface area contributed by atoms with Gasteiger partial charge in [0.05, 0.1) is 17.7 Å². The number of nitrogens with one attached hydrogen (secondary N) is 1. The highest BCUT2D eigenvalue weighted by molar-refractivity contribution is 7.89. The second-order valence-corrected chi connectivity index (χ2v) is 7.16. The Kier molecular flexibility index (Phi) is 4.82. The summed E-state index contributed by atoms with van der Waals surface area (Å²) in [4.78, 5) is 4.10. The van der Waals surface area contributed by atoms with E-state index in [4.69, 9.17) is 4.74 Å². The Hall–Kier alpha value is -2.71. The molecule has 0 aliphatic rings. The van der Waals surface area contributed by atoms with E-state index in [1.807, 2.05) is 24.3 Å². The van der Waals surface area contributed by atoms with Gasteiger partial charge in [-0.05, 0) is 48.9 Å². The molecule has 1 aromatic heterocycles. The highest BCUT2D eigenvalue weighted by atomic mass is 32.2. The summed E-state index contributed by atoms with van der Waals surface area (Å²) in [6.45, 7) is 1.80. The molecular weight excluding hydrogens is 340 g/mol. The minimum Gasteiger partial charge on any atom is -0.497 e. The quantitative estimate of drug-likeness (QED) is 0.731. The average Bonchev–Trinajstić information content (AvgIpc) is 3.16. The number of sulfonamides is 1. The van der Waals surface area contributed by atoms with Crippen molar-refractivity contribution in [1.82, 2.24) is 19.5 Å². The zero-order valence-corrected chi connectivity index (χ0v) is 14.6. The van der Waals surface area contributed by atoms with Gasteiger partial charge in [0.25, 0.3) is 0 Å². The Labute approximate surface area is 146 Å². The van der Waals surface area contributed by atoms with Crippen LogP contribution >= 0.6 is 0 Å². The lowest BCUT2D eigenvalue weighted by Gasteiger charge is -2.15. The fourth-order valence-corrected chi connectivity index (χ4v) is 3.61. The van der Waals surface area contributed by atoms with Crippen molar-refractivity contribution in [3.05, 3.63) is 66.7 Å². The Morgan fingerprint density at radius 1 is 1.08 bits per heavy atom. The third-order valence-electron chi connectivity index (χ3n) is 3.78. The first-order valence-corrected chi connectivity index (χ1v) is 9.09. The van der Waals surface area contributed by atoms with Gasteiger partial charge in [0.15, 0.2) is 0 Å². The summed E-state index contributed by atoms with van der Waals surface area (Å²) in [6.07, 6.45) is 3.06. The fourth-order valence-electron chi connectivity index (χ4n) is 2.38. The van der Waals surface area contributed by atoms with Crippen LogP contribution in [-0.4, -0.2) is 30.3 Å². The van der Waals surface area contributed by atoms with Crippen LogP contribution in [0.25, 0.3) is 5.69 Å². The van der Waals surface area contributed by atoms with Crippen molar-refractivity contribution in [2.45, 2.75) is 17.9 Å². The highest BCUT2D eigenvalue weighted by Gasteiger charge is 2.18. The number of hydrogen-bond donors (Lipinski definition) is 1. The predicted octanol–water partition coefficient (Wildman–Crippen LogP) is 2.32. The van der Waals surface area contributed by atoms with Crippen LogP contribution < -0.4 is 9.46 Å². The van der Waals surface area contributed by atoms with Gasteiger partial charge in [0.2, 0.25) is 10.0 Å². The molecule has 0 bridgehead atoms. The van der Waals surface area contributed by atoms with E-state index in [2.05, 4.69) is 14.8 Å². The van der Waals surface area contributed by atoms with E-state index in [1.165, 1.54) is 25.6 Å². The summed E-state index contributed by atoms with van der Waals surface area (Å²) in [5, 5.41) is 4.06. The molecule has 0 spiro atoms. The van der Waals surface area contributed by atoms with Crippen molar-refractivity contribution >= 4 is 10.0 Å². The minimum atomic E-state index is -3.62. The molecule has 1 heterocycles. The molecule has 130 valence electrons. The summed E-state index contributed by atoms with van der Waals surface area (Å²) in [5.41, 5.74) is 1.70. The molecule has 0 amide bonds. The molecule has 2 aromatic carbocycles. The van der Waals surface area contributed by atoms with Crippen LogP contribution in [0.15, 0.2) is 66.1 Å². The van der Waals surface area contributed by atoms with Gasteiger partial charge in [-0.1, -0.05) is 12.1 Å². The van der Waals surface area contributed by atoms with Crippen molar-refractivity contribution < 1.29 is 13.2 Å². The number of rotatable bonds is 6. The normalized spacial score (nSPS) is 12.7. The lowest BCUT2D eigenvalue weighted by Crippen LogP contribution is -2.26. The van der Waals surface area contributed by atoms with Gasteiger partial charge in [-0.2, -0.15) is 5.10 Å². The van der Waals surface area contributed by atoms with Crippen molar-refractivity contribution in [2.75, 3.05) is 7.11 Å². The van der Waals surface area contributed by atoms with E-state index >= 15 is 0 Å². The molecule has 25 heavy (non-hydrogen) atoms. The third-order valence-corrected chi connectivity index (χ3v) is 5.33. The second kappa shape index (κ2) is 7.04.